The first-order valence-corrected chi connectivity index (χ1v) is 9.84. The molecule has 2 aromatic carbocycles. The summed E-state index contributed by atoms with van der Waals surface area (Å²) < 4.78 is 32.6. The number of methoxy groups -OCH3 is 1. The topological polar surface area (TPSA) is 84.5 Å². The molecule has 0 unspecified atom stereocenters. The van der Waals surface area contributed by atoms with Crippen molar-refractivity contribution >= 4 is 31.9 Å². The van der Waals surface area contributed by atoms with Crippen LogP contribution in [0.1, 0.15) is 12.0 Å². The summed E-state index contributed by atoms with van der Waals surface area (Å²) in [6, 6.07) is 13.8. The monoisotopic (exact) mass is 426 g/mol. The van der Waals surface area contributed by atoms with E-state index in [0.717, 1.165) is 5.56 Å². The van der Waals surface area contributed by atoms with Gasteiger partial charge in [-0.15, -0.1) is 0 Å². The number of para-hydroxylation sites is 1. The largest absolute Gasteiger partial charge is 0.496 e. The van der Waals surface area contributed by atoms with Crippen LogP contribution in [-0.2, 0) is 21.4 Å². The minimum absolute atomic E-state index is 0.0204. The Morgan fingerprint density at radius 3 is 2.64 bits per heavy atom. The van der Waals surface area contributed by atoms with Crippen molar-refractivity contribution in [2.45, 2.75) is 17.9 Å². The van der Waals surface area contributed by atoms with Crippen LogP contribution >= 0.6 is 15.9 Å². The van der Waals surface area contributed by atoms with E-state index in [2.05, 4.69) is 26.0 Å². The molecule has 0 fully saturated rings. The van der Waals surface area contributed by atoms with E-state index in [0.29, 0.717) is 16.8 Å². The molecule has 0 spiro atoms. The number of nitrogens with one attached hydrogen (secondary N) is 2. The zero-order valence-electron chi connectivity index (χ0n) is 13.7. The van der Waals surface area contributed by atoms with Gasteiger partial charge in [-0.25, -0.2) is 13.1 Å². The lowest BCUT2D eigenvalue weighted by Crippen LogP contribution is -2.30. The van der Waals surface area contributed by atoms with E-state index in [9.17, 15) is 13.2 Å². The van der Waals surface area contributed by atoms with Gasteiger partial charge in [-0.3, -0.25) is 4.79 Å². The molecule has 25 heavy (non-hydrogen) atoms. The maximum Gasteiger partial charge on any atom is 0.240 e. The Kier molecular flexibility index (Phi) is 6.98. The summed E-state index contributed by atoms with van der Waals surface area (Å²) in [6.45, 7) is 0.341. The van der Waals surface area contributed by atoms with Crippen molar-refractivity contribution in [1.82, 2.24) is 10.0 Å². The van der Waals surface area contributed by atoms with Crippen molar-refractivity contribution in [2.75, 3.05) is 13.7 Å². The van der Waals surface area contributed by atoms with E-state index >= 15 is 0 Å². The smallest absolute Gasteiger partial charge is 0.240 e. The number of ether oxygens (including phenoxy) is 1. The highest BCUT2D eigenvalue weighted by Crippen LogP contribution is 2.17. The summed E-state index contributed by atoms with van der Waals surface area (Å²) in [7, 11) is -2.07. The molecular formula is C17H19BrN2O4S. The predicted octanol–water partition coefficient (Wildman–Crippen LogP) is 2.44. The fourth-order valence-corrected chi connectivity index (χ4v) is 3.78. The molecule has 2 aromatic rings. The standard InChI is InChI=1S/C17H19BrN2O4S/c1-24-16-8-3-2-5-13(16)12-19-17(21)9-10-20-25(22,23)15-7-4-6-14(18)11-15/h2-8,11,20H,9-10,12H2,1H3,(H,19,21). The number of amides is 1. The Bertz CT molecular complexity index is 840. The highest BCUT2D eigenvalue weighted by Gasteiger charge is 2.14. The SMILES string of the molecule is COc1ccccc1CNC(=O)CCNS(=O)(=O)c1cccc(Br)c1. The van der Waals surface area contributed by atoms with Crippen LogP contribution in [0.25, 0.3) is 0 Å². The van der Waals surface area contributed by atoms with Gasteiger partial charge in [0.25, 0.3) is 0 Å². The molecule has 0 aliphatic carbocycles. The van der Waals surface area contributed by atoms with Gasteiger partial charge in [-0.1, -0.05) is 40.2 Å². The first-order chi connectivity index (χ1) is 11.9. The Hall–Kier alpha value is -1.90. The quantitative estimate of drug-likeness (QED) is 0.678. The van der Waals surface area contributed by atoms with E-state index in [1.165, 1.54) is 12.1 Å². The fourth-order valence-electron chi connectivity index (χ4n) is 2.15. The van der Waals surface area contributed by atoms with Crippen LogP contribution in [0.5, 0.6) is 5.75 Å². The maximum absolute atomic E-state index is 12.1. The van der Waals surface area contributed by atoms with E-state index < -0.39 is 10.0 Å². The van der Waals surface area contributed by atoms with Crippen LogP contribution in [0.3, 0.4) is 0 Å². The molecule has 134 valence electrons. The van der Waals surface area contributed by atoms with Crippen molar-refractivity contribution in [3.63, 3.8) is 0 Å². The van der Waals surface area contributed by atoms with Crippen LogP contribution < -0.4 is 14.8 Å². The normalized spacial score (nSPS) is 11.1. The molecule has 8 heteroatoms. The summed E-state index contributed by atoms with van der Waals surface area (Å²) in [5.41, 5.74) is 0.855. The highest BCUT2D eigenvalue weighted by atomic mass is 79.9. The molecule has 0 bridgehead atoms. The van der Waals surface area contributed by atoms with Gasteiger partial charge in [0, 0.05) is 29.5 Å². The van der Waals surface area contributed by atoms with Gasteiger partial charge in [0.2, 0.25) is 15.9 Å². The van der Waals surface area contributed by atoms with Crippen LogP contribution in [0.2, 0.25) is 0 Å². The van der Waals surface area contributed by atoms with E-state index in [1.807, 2.05) is 24.3 Å². The summed E-state index contributed by atoms with van der Waals surface area (Å²) in [4.78, 5) is 12.0. The van der Waals surface area contributed by atoms with Crippen LogP contribution in [0.4, 0.5) is 0 Å². The zero-order chi connectivity index (χ0) is 18.3. The molecule has 2 N–H and O–H groups in total. The van der Waals surface area contributed by atoms with Gasteiger partial charge in [0.15, 0.2) is 0 Å². The van der Waals surface area contributed by atoms with Crippen molar-refractivity contribution in [1.29, 1.82) is 0 Å². The second-order valence-corrected chi connectivity index (χ2v) is 7.88. The molecule has 0 radical (unpaired) electrons. The third-order valence-corrected chi connectivity index (χ3v) is 5.37. The summed E-state index contributed by atoms with van der Waals surface area (Å²) in [5, 5.41) is 2.75. The summed E-state index contributed by atoms with van der Waals surface area (Å²) >= 11 is 3.23. The fraction of sp³-hybridized carbons (Fsp3) is 0.235. The lowest BCUT2D eigenvalue weighted by molar-refractivity contribution is -0.121. The highest BCUT2D eigenvalue weighted by molar-refractivity contribution is 9.10. The zero-order valence-corrected chi connectivity index (χ0v) is 16.1. The van der Waals surface area contributed by atoms with Gasteiger partial charge in [0.1, 0.15) is 5.75 Å². The number of hydrogen-bond acceptors (Lipinski definition) is 4. The molecular weight excluding hydrogens is 408 g/mol. The Morgan fingerprint density at radius 2 is 1.92 bits per heavy atom. The summed E-state index contributed by atoms with van der Waals surface area (Å²) in [6.07, 6.45) is 0.0440. The van der Waals surface area contributed by atoms with E-state index in [1.54, 1.807) is 19.2 Å². The van der Waals surface area contributed by atoms with Gasteiger partial charge in [-0.2, -0.15) is 0 Å². The number of carbonyl (C=O) groups excluding carboxylic acids is 1. The average Bonchev–Trinajstić information content (AvgIpc) is 2.60. The predicted molar refractivity (Wildman–Crippen MR) is 98.8 cm³/mol. The van der Waals surface area contributed by atoms with Gasteiger partial charge < -0.3 is 10.1 Å². The lowest BCUT2D eigenvalue weighted by atomic mass is 10.2. The molecule has 0 atom stereocenters. The van der Waals surface area contributed by atoms with Gasteiger partial charge >= 0.3 is 0 Å². The average molecular weight is 427 g/mol. The number of carbonyl (C=O) groups is 1. The number of benzene rings is 2. The molecule has 0 aromatic heterocycles. The third-order valence-electron chi connectivity index (χ3n) is 3.42. The first kappa shape index (κ1) is 19.4. The number of rotatable bonds is 8. The summed E-state index contributed by atoms with van der Waals surface area (Å²) in [5.74, 6) is 0.445. The Morgan fingerprint density at radius 1 is 1.16 bits per heavy atom. The van der Waals surface area contributed by atoms with E-state index in [-0.39, 0.29) is 23.8 Å². The van der Waals surface area contributed by atoms with Crippen LogP contribution in [0.15, 0.2) is 57.9 Å². The molecule has 0 aliphatic rings. The van der Waals surface area contributed by atoms with Crippen molar-refractivity contribution in [2.24, 2.45) is 0 Å². The number of halogens is 1. The van der Waals surface area contributed by atoms with Crippen LogP contribution in [-0.4, -0.2) is 28.0 Å². The minimum atomic E-state index is -3.64. The maximum atomic E-state index is 12.1. The number of hydrogen-bond donors (Lipinski definition) is 2. The molecule has 2 rings (SSSR count). The van der Waals surface area contributed by atoms with E-state index in [4.69, 9.17) is 4.74 Å². The van der Waals surface area contributed by atoms with Crippen LogP contribution in [0, 0.1) is 0 Å². The van der Waals surface area contributed by atoms with Crippen molar-refractivity contribution < 1.29 is 17.9 Å². The van der Waals surface area contributed by atoms with Crippen molar-refractivity contribution in [3.8, 4) is 5.75 Å². The van der Waals surface area contributed by atoms with Gasteiger partial charge in [-0.05, 0) is 24.3 Å². The Labute approximate surface area is 155 Å². The Balaban J connectivity index is 1.82. The van der Waals surface area contributed by atoms with Crippen molar-refractivity contribution in [3.05, 3.63) is 58.6 Å². The number of sulfonamides is 1. The molecule has 0 saturated heterocycles. The molecule has 0 aliphatic heterocycles. The molecule has 1 amide bonds. The second kappa shape index (κ2) is 8.98. The lowest BCUT2D eigenvalue weighted by Gasteiger charge is -2.10. The second-order valence-electron chi connectivity index (χ2n) is 5.19. The van der Waals surface area contributed by atoms with Gasteiger partial charge in [0.05, 0.1) is 12.0 Å². The minimum Gasteiger partial charge on any atom is -0.496 e. The molecule has 0 heterocycles. The molecule has 0 saturated carbocycles. The molecule has 6 nitrogen and oxygen atoms in total. The third kappa shape index (κ3) is 5.84. The first-order valence-electron chi connectivity index (χ1n) is 7.56.